The molecular formula is C9H6Cl2OS. The molecule has 1 nitrogen and oxygen atoms in total. The van der Waals surface area contributed by atoms with Crippen molar-refractivity contribution in [3.8, 4) is 5.75 Å². The van der Waals surface area contributed by atoms with Gasteiger partial charge in [0.1, 0.15) is 10.8 Å². The predicted octanol–water partition coefficient (Wildman–Crippen LogP) is 4.22. The number of ether oxygens (including phenoxy) is 1. The number of hydrogen-bond donors (Lipinski definition) is 0. The molecule has 0 saturated carbocycles. The van der Waals surface area contributed by atoms with Crippen molar-refractivity contribution in [2.24, 2.45) is 0 Å². The van der Waals surface area contributed by atoms with Crippen molar-refractivity contribution < 1.29 is 4.74 Å². The van der Waals surface area contributed by atoms with Gasteiger partial charge in [-0.05, 0) is 11.4 Å². The van der Waals surface area contributed by atoms with Crippen LogP contribution in [0.4, 0.5) is 0 Å². The normalized spacial score (nSPS) is 10.7. The third-order valence-electron chi connectivity index (χ3n) is 1.82. The van der Waals surface area contributed by atoms with Crippen molar-refractivity contribution in [1.82, 2.24) is 0 Å². The lowest BCUT2D eigenvalue weighted by molar-refractivity contribution is 0.416. The Morgan fingerprint density at radius 2 is 2.15 bits per heavy atom. The molecule has 68 valence electrons. The first-order valence-corrected chi connectivity index (χ1v) is 5.27. The summed E-state index contributed by atoms with van der Waals surface area (Å²) in [6.45, 7) is 0. The molecule has 13 heavy (non-hydrogen) atoms. The van der Waals surface area contributed by atoms with E-state index in [9.17, 15) is 0 Å². The third kappa shape index (κ3) is 1.39. The van der Waals surface area contributed by atoms with Crippen LogP contribution >= 0.6 is 34.5 Å². The molecule has 0 aliphatic carbocycles. The molecule has 0 aliphatic heterocycles. The van der Waals surface area contributed by atoms with Gasteiger partial charge in [-0.2, -0.15) is 0 Å². The largest absolute Gasteiger partial charge is 0.495 e. The highest BCUT2D eigenvalue weighted by Gasteiger charge is 2.10. The second-order valence-electron chi connectivity index (χ2n) is 2.54. The fourth-order valence-electron chi connectivity index (χ4n) is 1.18. The first kappa shape index (κ1) is 9.13. The minimum absolute atomic E-state index is 0.626. The van der Waals surface area contributed by atoms with Crippen molar-refractivity contribution in [1.29, 1.82) is 0 Å². The molecule has 2 aromatic rings. The molecule has 0 amide bonds. The van der Waals surface area contributed by atoms with E-state index in [1.165, 1.54) is 0 Å². The van der Waals surface area contributed by atoms with E-state index in [2.05, 4.69) is 0 Å². The molecule has 2 rings (SSSR count). The van der Waals surface area contributed by atoms with E-state index < -0.39 is 0 Å². The van der Waals surface area contributed by atoms with Gasteiger partial charge in [-0.25, -0.2) is 0 Å². The number of thiophene rings is 1. The summed E-state index contributed by atoms with van der Waals surface area (Å²) < 4.78 is 6.07. The Kier molecular flexibility index (Phi) is 2.37. The highest BCUT2D eigenvalue weighted by Crippen LogP contribution is 2.40. The Morgan fingerprint density at radius 1 is 1.38 bits per heavy atom. The van der Waals surface area contributed by atoms with Gasteiger partial charge in [-0.1, -0.05) is 23.2 Å². The third-order valence-corrected chi connectivity index (χ3v) is 3.55. The molecule has 0 bridgehead atoms. The smallest absolute Gasteiger partial charge is 0.140 e. The summed E-state index contributed by atoms with van der Waals surface area (Å²) in [5.41, 5.74) is 0. The summed E-state index contributed by atoms with van der Waals surface area (Å²) in [6.07, 6.45) is 0. The summed E-state index contributed by atoms with van der Waals surface area (Å²) in [5.74, 6) is 0.626. The molecular weight excluding hydrogens is 227 g/mol. The van der Waals surface area contributed by atoms with Crippen molar-refractivity contribution in [2.75, 3.05) is 7.11 Å². The van der Waals surface area contributed by atoms with Gasteiger partial charge in [0.15, 0.2) is 0 Å². The molecule has 0 N–H and O–H groups in total. The van der Waals surface area contributed by atoms with Crippen LogP contribution in [-0.4, -0.2) is 7.11 Å². The Bertz CT molecular complexity index is 450. The summed E-state index contributed by atoms with van der Waals surface area (Å²) in [7, 11) is 1.58. The zero-order chi connectivity index (χ0) is 9.42. The van der Waals surface area contributed by atoms with Crippen molar-refractivity contribution >= 4 is 44.6 Å². The highest BCUT2D eigenvalue weighted by atomic mass is 35.5. The minimum atomic E-state index is 0.626. The minimum Gasteiger partial charge on any atom is -0.495 e. The SMILES string of the molecule is COc1cc(Cl)c2ccsc2c1Cl. The maximum Gasteiger partial charge on any atom is 0.140 e. The molecule has 1 aromatic heterocycles. The number of benzene rings is 1. The Labute approximate surface area is 89.8 Å². The zero-order valence-electron chi connectivity index (χ0n) is 6.80. The monoisotopic (exact) mass is 232 g/mol. The Morgan fingerprint density at radius 3 is 2.85 bits per heavy atom. The average molecular weight is 233 g/mol. The Hall–Kier alpha value is -0.440. The van der Waals surface area contributed by atoms with Crippen LogP contribution in [0.1, 0.15) is 0 Å². The van der Waals surface area contributed by atoms with Gasteiger partial charge < -0.3 is 4.74 Å². The maximum atomic E-state index is 6.08. The molecule has 0 fully saturated rings. The second-order valence-corrected chi connectivity index (χ2v) is 4.24. The van der Waals surface area contributed by atoms with Crippen LogP contribution in [0.25, 0.3) is 10.1 Å². The maximum absolute atomic E-state index is 6.08. The first-order valence-electron chi connectivity index (χ1n) is 3.63. The molecule has 0 spiro atoms. The molecule has 0 saturated heterocycles. The number of rotatable bonds is 1. The van der Waals surface area contributed by atoms with E-state index in [4.69, 9.17) is 27.9 Å². The predicted molar refractivity (Wildman–Crippen MR) is 58.4 cm³/mol. The van der Waals surface area contributed by atoms with E-state index >= 15 is 0 Å². The van der Waals surface area contributed by atoms with Crippen LogP contribution in [0.5, 0.6) is 5.75 Å². The molecule has 0 radical (unpaired) electrons. The van der Waals surface area contributed by atoms with Crippen molar-refractivity contribution in [3.05, 3.63) is 27.6 Å². The van der Waals surface area contributed by atoms with Crippen LogP contribution in [0.3, 0.4) is 0 Å². The van der Waals surface area contributed by atoms with Gasteiger partial charge >= 0.3 is 0 Å². The fourth-order valence-corrected chi connectivity index (χ4v) is 2.71. The van der Waals surface area contributed by atoms with Crippen LogP contribution in [0.15, 0.2) is 17.5 Å². The van der Waals surface area contributed by atoms with E-state index in [0.717, 1.165) is 10.1 Å². The first-order chi connectivity index (χ1) is 6.24. The van der Waals surface area contributed by atoms with E-state index in [1.807, 2.05) is 11.4 Å². The van der Waals surface area contributed by atoms with Gasteiger partial charge in [-0.15, -0.1) is 11.3 Å². The van der Waals surface area contributed by atoms with Gasteiger partial charge in [0.2, 0.25) is 0 Å². The number of halogens is 2. The molecule has 4 heteroatoms. The van der Waals surface area contributed by atoms with Gasteiger partial charge in [0.25, 0.3) is 0 Å². The van der Waals surface area contributed by atoms with Crippen LogP contribution in [0, 0.1) is 0 Å². The molecule has 0 atom stereocenters. The number of hydrogen-bond acceptors (Lipinski definition) is 2. The zero-order valence-corrected chi connectivity index (χ0v) is 9.13. The van der Waals surface area contributed by atoms with Crippen LogP contribution < -0.4 is 4.74 Å². The molecule has 1 heterocycles. The fraction of sp³-hybridized carbons (Fsp3) is 0.111. The van der Waals surface area contributed by atoms with E-state index in [1.54, 1.807) is 24.5 Å². The lowest BCUT2D eigenvalue weighted by atomic mass is 10.2. The summed E-state index contributed by atoms with van der Waals surface area (Å²) in [4.78, 5) is 0. The number of methoxy groups -OCH3 is 1. The average Bonchev–Trinajstić information content (AvgIpc) is 2.60. The van der Waals surface area contributed by atoms with Gasteiger partial charge in [-0.3, -0.25) is 0 Å². The van der Waals surface area contributed by atoms with Crippen LogP contribution in [-0.2, 0) is 0 Å². The quantitative estimate of drug-likeness (QED) is 0.716. The second kappa shape index (κ2) is 3.37. The summed E-state index contributed by atoms with van der Waals surface area (Å²) in [6, 6.07) is 3.69. The van der Waals surface area contributed by atoms with E-state index in [-0.39, 0.29) is 0 Å². The van der Waals surface area contributed by atoms with Crippen molar-refractivity contribution in [2.45, 2.75) is 0 Å². The standard InChI is InChI=1S/C9H6Cl2OS/c1-12-7-4-6(10)5-2-3-13-9(5)8(7)11/h2-4H,1H3. The van der Waals surface area contributed by atoms with Crippen molar-refractivity contribution in [3.63, 3.8) is 0 Å². The van der Waals surface area contributed by atoms with Gasteiger partial charge in [0.05, 0.1) is 16.8 Å². The topological polar surface area (TPSA) is 9.23 Å². The van der Waals surface area contributed by atoms with Crippen LogP contribution in [0.2, 0.25) is 10.0 Å². The Balaban J connectivity index is 2.85. The molecule has 0 aliphatic rings. The molecule has 0 unspecified atom stereocenters. The van der Waals surface area contributed by atoms with Gasteiger partial charge in [0, 0.05) is 11.5 Å². The summed E-state index contributed by atoms with van der Waals surface area (Å²) in [5, 5.41) is 4.26. The summed E-state index contributed by atoms with van der Waals surface area (Å²) >= 11 is 13.7. The highest BCUT2D eigenvalue weighted by molar-refractivity contribution is 7.18. The number of fused-ring (bicyclic) bond motifs is 1. The van der Waals surface area contributed by atoms with E-state index in [0.29, 0.717) is 15.8 Å². The molecule has 1 aromatic carbocycles. The lowest BCUT2D eigenvalue weighted by Gasteiger charge is -2.04. The lowest BCUT2D eigenvalue weighted by Crippen LogP contribution is -1.83.